The molecule has 0 saturated heterocycles. The van der Waals surface area contributed by atoms with Gasteiger partial charge in [0.1, 0.15) is 11.5 Å². The third-order valence-electron chi connectivity index (χ3n) is 4.88. The van der Waals surface area contributed by atoms with Crippen LogP contribution in [0.25, 0.3) is 10.8 Å². The van der Waals surface area contributed by atoms with Gasteiger partial charge in [0.05, 0.1) is 12.7 Å². The molecule has 2 rings (SSSR count). The molecule has 0 aliphatic rings. The first-order valence-corrected chi connectivity index (χ1v) is 9.10. The molecule has 0 radical (unpaired) electrons. The number of Topliss-reactive ketones (excluding diaryl/α,β-unsaturated/α-hetero) is 2. The van der Waals surface area contributed by atoms with Gasteiger partial charge in [-0.2, -0.15) is 0 Å². The predicted octanol–water partition coefficient (Wildman–Crippen LogP) is 5.70. The van der Waals surface area contributed by atoms with Gasteiger partial charge in [-0.25, -0.2) is 0 Å². The van der Waals surface area contributed by atoms with E-state index in [1.165, 1.54) is 0 Å². The Hall–Kier alpha value is -2.16. The van der Waals surface area contributed by atoms with E-state index in [-0.39, 0.29) is 29.3 Å². The van der Waals surface area contributed by atoms with Crippen molar-refractivity contribution in [2.45, 2.75) is 48.0 Å². The van der Waals surface area contributed by atoms with Crippen molar-refractivity contribution in [3.05, 3.63) is 42.0 Å². The highest BCUT2D eigenvalue weighted by molar-refractivity contribution is 6.11. The van der Waals surface area contributed by atoms with Crippen molar-refractivity contribution >= 4 is 22.3 Å². The van der Waals surface area contributed by atoms with E-state index in [9.17, 15) is 9.59 Å². The molecule has 140 valence electrons. The monoisotopic (exact) mass is 354 g/mol. The number of fused-ring (bicyclic) bond motifs is 1. The molecule has 2 aromatic carbocycles. The minimum absolute atomic E-state index is 0.0452. The Balaban J connectivity index is 2.51. The predicted molar refractivity (Wildman–Crippen MR) is 107 cm³/mol. The molecule has 1 atom stereocenters. The third kappa shape index (κ3) is 4.14. The molecular weight excluding hydrogens is 324 g/mol. The van der Waals surface area contributed by atoms with Gasteiger partial charge in [0.25, 0.3) is 0 Å². The topological polar surface area (TPSA) is 43.4 Å². The van der Waals surface area contributed by atoms with Crippen molar-refractivity contribution in [3.63, 3.8) is 0 Å². The Morgan fingerprint density at radius 3 is 2.12 bits per heavy atom. The fourth-order valence-electron chi connectivity index (χ4n) is 3.31. The summed E-state index contributed by atoms with van der Waals surface area (Å²) >= 11 is 0. The van der Waals surface area contributed by atoms with Crippen LogP contribution in [0.5, 0.6) is 5.75 Å². The van der Waals surface area contributed by atoms with Crippen molar-refractivity contribution in [2.75, 3.05) is 7.11 Å². The van der Waals surface area contributed by atoms with Crippen LogP contribution in [-0.2, 0) is 4.79 Å². The molecule has 0 bridgehead atoms. The van der Waals surface area contributed by atoms with E-state index in [0.29, 0.717) is 11.3 Å². The van der Waals surface area contributed by atoms with Crippen LogP contribution in [0.3, 0.4) is 0 Å². The first kappa shape index (κ1) is 20.2. The number of ether oxygens (including phenoxy) is 1. The number of rotatable bonds is 5. The fourth-order valence-corrected chi connectivity index (χ4v) is 3.31. The van der Waals surface area contributed by atoms with Gasteiger partial charge in [-0.15, -0.1) is 0 Å². The number of methoxy groups -OCH3 is 1. The van der Waals surface area contributed by atoms with Crippen LogP contribution in [0, 0.1) is 16.7 Å². The van der Waals surface area contributed by atoms with Gasteiger partial charge in [-0.3, -0.25) is 9.59 Å². The number of benzene rings is 2. The third-order valence-corrected chi connectivity index (χ3v) is 4.88. The van der Waals surface area contributed by atoms with Crippen molar-refractivity contribution in [2.24, 2.45) is 16.7 Å². The van der Waals surface area contributed by atoms with Gasteiger partial charge in [0, 0.05) is 17.8 Å². The number of carbonyl (C=O) groups excluding carboxylic acids is 2. The normalized spacial score (nSPS) is 13.5. The summed E-state index contributed by atoms with van der Waals surface area (Å²) < 4.78 is 5.46. The van der Waals surface area contributed by atoms with Gasteiger partial charge >= 0.3 is 0 Å². The van der Waals surface area contributed by atoms with Crippen LogP contribution in [-0.4, -0.2) is 18.7 Å². The molecule has 0 aromatic heterocycles. The molecule has 0 heterocycles. The first-order valence-electron chi connectivity index (χ1n) is 9.10. The van der Waals surface area contributed by atoms with Crippen molar-refractivity contribution in [1.82, 2.24) is 0 Å². The Bertz CT molecular complexity index is 819. The number of hydrogen-bond donors (Lipinski definition) is 0. The van der Waals surface area contributed by atoms with Crippen LogP contribution in [0.2, 0.25) is 0 Å². The van der Waals surface area contributed by atoms with Crippen molar-refractivity contribution < 1.29 is 14.3 Å². The van der Waals surface area contributed by atoms with E-state index in [1.807, 2.05) is 77.9 Å². The zero-order valence-corrected chi connectivity index (χ0v) is 17.0. The average molecular weight is 354 g/mol. The lowest BCUT2D eigenvalue weighted by molar-refractivity contribution is -0.133. The highest BCUT2D eigenvalue weighted by Gasteiger charge is 2.39. The molecule has 0 fully saturated rings. The molecule has 0 spiro atoms. The van der Waals surface area contributed by atoms with Gasteiger partial charge in [0.15, 0.2) is 5.78 Å². The summed E-state index contributed by atoms with van der Waals surface area (Å²) in [6, 6.07) is 11.6. The first-order chi connectivity index (χ1) is 12.0. The van der Waals surface area contributed by atoms with Gasteiger partial charge in [-0.1, -0.05) is 71.9 Å². The van der Waals surface area contributed by atoms with Gasteiger partial charge < -0.3 is 4.74 Å². The van der Waals surface area contributed by atoms with Gasteiger partial charge in [-0.05, 0) is 22.3 Å². The summed E-state index contributed by atoms with van der Waals surface area (Å²) in [5.74, 6) is 0.289. The van der Waals surface area contributed by atoms with E-state index in [0.717, 1.165) is 10.8 Å². The van der Waals surface area contributed by atoms with Crippen molar-refractivity contribution in [3.8, 4) is 5.75 Å². The maximum atomic E-state index is 13.3. The molecule has 0 aliphatic heterocycles. The molecule has 0 aliphatic carbocycles. The molecule has 3 nitrogen and oxygen atoms in total. The number of carbonyl (C=O) groups is 2. The molecule has 26 heavy (non-hydrogen) atoms. The lowest BCUT2D eigenvalue weighted by Crippen LogP contribution is -2.37. The van der Waals surface area contributed by atoms with Crippen LogP contribution in [0.4, 0.5) is 0 Å². The fraction of sp³-hybridized carbons (Fsp3) is 0.478. The quantitative estimate of drug-likeness (QED) is 0.647. The van der Waals surface area contributed by atoms with E-state index in [2.05, 4.69) is 0 Å². The summed E-state index contributed by atoms with van der Waals surface area (Å²) in [6.07, 6.45) is 0.184. The number of ketones is 2. The van der Waals surface area contributed by atoms with Crippen LogP contribution < -0.4 is 4.74 Å². The average Bonchev–Trinajstić information content (AvgIpc) is 2.55. The zero-order valence-electron chi connectivity index (χ0n) is 17.0. The van der Waals surface area contributed by atoms with E-state index in [4.69, 9.17) is 4.74 Å². The summed E-state index contributed by atoms with van der Waals surface area (Å²) in [4.78, 5) is 26.3. The summed E-state index contributed by atoms with van der Waals surface area (Å²) in [5, 5.41) is 1.86. The maximum Gasteiger partial charge on any atom is 0.167 e. The molecule has 0 amide bonds. The molecule has 2 aromatic rings. The Morgan fingerprint density at radius 2 is 1.58 bits per heavy atom. The van der Waals surface area contributed by atoms with E-state index >= 15 is 0 Å². The SMILES string of the molecule is COc1ccc2ccccc2c1C(=O)CC(C(=O)C(C)(C)C)C(C)(C)C. The Kier molecular flexibility index (Phi) is 5.60. The molecular formula is C23H30O3. The van der Waals surface area contributed by atoms with E-state index in [1.54, 1.807) is 7.11 Å². The Morgan fingerprint density at radius 1 is 0.962 bits per heavy atom. The minimum atomic E-state index is -0.485. The van der Waals surface area contributed by atoms with Crippen molar-refractivity contribution in [1.29, 1.82) is 0 Å². The summed E-state index contributed by atoms with van der Waals surface area (Å²) in [5.41, 5.74) is -0.208. The molecule has 0 saturated carbocycles. The molecule has 0 N–H and O–H groups in total. The standard InChI is InChI=1S/C23H30O3/c1-22(2,3)17(21(25)23(4,5)6)14-18(24)20-16-11-9-8-10-15(16)12-13-19(20)26-7/h8-13,17H,14H2,1-7H3. The number of hydrogen-bond acceptors (Lipinski definition) is 3. The smallest absolute Gasteiger partial charge is 0.167 e. The highest BCUT2D eigenvalue weighted by atomic mass is 16.5. The highest BCUT2D eigenvalue weighted by Crippen LogP contribution is 2.38. The van der Waals surface area contributed by atoms with Crippen LogP contribution in [0.15, 0.2) is 36.4 Å². The van der Waals surface area contributed by atoms with Gasteiger partial charge in [0.2, 0.25) is 0 Å². The van der Waals surface area contributed by atoms with E-state index < -0.39 is 5.41 Å². The van der Waals surface area contributed by atoms with Crippen LogP contribution >= 0.6 is 0 Å². The largest absolute Gasteiger partial charge is 0.496 e. The lowest BCUT2D eigenvalue weighted by Gasteiger charge is -2.34. The summed E-state index contributed by atoms with van der Waals surface area (Å²) in [7, 11) is 1.57. The van der Waals surface area contributed by atoms with Crippen LogP contribution in [0.1, 0.15) is 58.3 Å². The zero-order chi connectivity index (χ0) is 19.7. The molecule has 3 heteroatoms. The molecule has 1 unspecified atom stereocenters. The minimum Gasteiger partial charge on any atom is -0.496 e. The second-order valence-electron chi connectivity index (χ2n) is 9.02. The second kappa shape index (κ2) is 7.22. The second-order valence-corrected chi connectivity index (χ2v) is 9.02. The maximum absolute atomic E-state index is 13.3. The lowest BCUT2D eigenvalue weighted by atomic mass is 9.68. The summed E-state index contributed by atoms with van der Waals surface area (Å²) in [6.45, 7) is 11.8. The Labute approximate surface area is 156 Å².